The van der Waals surface area contributed by atoms with Gasteiger partial charge in [0.2, 0.25) is 0 Å². The van der Waals surface area contributed by atoms with Crippen LogP contribution in [0.4, 0.5) is 0 Å². The van der Waals surface area contributed by atoms with Gasteiger partial charge in [-0.3, -0.25) is 9.11 Å². The van der Waals surface area contributed by atoms with Gasteiger partial charge in [0, 0.05) is 0 Å². The molecule has 0 aliphatic rings. The van der Waals surface area contributed by atoms with Crippen LogP contribution in [0, 0.1) is 0 Å². The molecule has 0 saturated heterocycles. The summed E-state index contributed by atoms with van der Waals surface area (Å²) < 4.78 is 22.8. The van der Waals surface area contributed by atoms with Gasteiger partial charge in [-0.2, -0.15) is 4.21 Å². The molecule has 8 heavy (non-hydrogen) atoms. The third kappa shape index (κ3) is 50.0. The number of rotatable bonds is 0. The minimum absolute atomic E-state index is 0. The second-order valence-corrected chi connectivity index (χ2v) is 0.692. The molecule has 0 spiro atoms. The van der Waals surface area contributed by atoms with Gasteiger partial charge in [0.1, 0.15) is 0 Å². The van der Waals surface area contributed by atoms with E-state index in [4.69, 9.17) is 13.3 Å². The summed E-state index contributed by atoms with van der Waals surface area (Å²) in [4.78, 5) is 0. The summed E-state index contributed by atoms with van der Waals surface area (Å²) in [6, 6.07) is 0. The number of hydrogen-bond acceptors (Lipinski definition) is 1. The first-order chi connectivity index (χ1) is 1.73. The van der Waals surface area contributed by atoms with Crippen LogP contribution in [0.25, 0.3) is 0 Å². The van der Waals surface area contributed by atoms with E-state index in [2.05, 4.69) is 0 Å². The van der Waals surface area contributed by atoms with Gasteiger partial charge in [-0.15, -0.1) is 0 Å². The molecule has 2 N–H and O–H groups in total. The summed E-state index contributed by atoms with van der Waals surface area (Å²) in [6.45, 7) is 0. The third-order valence-corrected chi connectivity index (χ3v) is 0. The molecule has 0 aliphatic carbocycles. The van der Waals surface area contributed by atoms with E-state index in [9.17, 15) is 0 Å². The second kappa shape index (κ2) is 22.5. The van der Waals surface area contributed by atoms with Gasteiger partial charge in [0.05, 0.1) is 0 Å². The second-order valence-electron chi connectivity index (χ2n) is 0.231. The summed E-state index contributed by atoms with van der Waals surface area (Å²) in [7, 11) is 0. The molecule has 0 radical (unpaired) electrons. The van der Waals surface area contributed by atoms with Crippen LogP contribution in [0.3, 0.4) is 0 Å². The van der Waals surface area contributed by atoms with Crippen LogP contribution in [0.15, 0.2) is 0 Å². The fraction of sp³-hybridized carbons (Fsp3) is 0. The van der Waals surface area contributed by atoms with E-state index in [1.165, 1.54) is 0 Å². The van der Waals surface area contributed by atoms with Gasteiger partial charge in [0.15, 0.2) is 0 Å². The molecule has 0 bridgehead atoms. The van der Waals surface area contributed by atoms with Crippen LogP contribution in [0.2, 0.25) is 0 Å². The Labute approximate surface area is 139 Å². The van der Waals surface area contributed by atoms with Gasteiger partial charge in [-0.05, 0) is 0 Å². The van der Waals surface area contributed by atoms with Crippen LogP contribution in [-0.4, -0.2) is 132 Å². The first-order valence-corrected chi connectivity index (χ1v) is 1.60. The average molecular weight is 178 g/mol. The van der Waals surface area contributed by atoms with E-state index in [1.54, 1.807) is 0 Å². The van der Waals surface area contributed by atoms with Crippen molar-refractivity contribution >= 4 is 130 Å². The van der Waals surface area contributed by atoms with Crippen LogP contribution in [-0.2, 0) is 11.4 Å². The maximum absolute atomic E-state index is 8.67. The van der Waals surface area contributed by atoms with E-state index in [1.807, 2.05) is 0 Å². The van der Waals surface area contributed by atoms with E-state index >= 15 is 0 Å². The van der Waals surface area contributed by atoms with E-state index in [-0.39, 0.29) is 118 Å². The molecule has 0 atom stereocenters. The Bertz CT molecular complexity index is 34.3. The maximum atomic E-state index is 8.67. The molecule has 0 aromatic heterocycles. The monoisotopic (exact) mass is 178 g/mol. The Balaban J connectivity index is -0.00000000750. The topological polar surface area (TPSA) is 57.5 Å². The Kier molecular flexibility index (Phi) is 83.1. The van der Waals surface area contributed by atoms with E-state index in [0.29, 0.717) is 0 Å². The molecule has 8 heteroatoms. The first kappa shape index (κ1) is 29.6. The third-order valence-electron chi connectivity index (χ3n) is 0. The first-order valence-electron chi connectivity index (χ1n) is 0.532. The zero-order chi connectivity index (χ0) is 3.58. The quantitative estimate of drug-likeness (QED) is 0.309. The molecule has 0 aromatic carbocycles. The Morgan fingerprint density at radius 1 is 0.875 bits per heavy atom. The van der Waals surface area contributed by atoms with Crippen molar-refractivity contribution in [2.75, 3.05) is 0 Å². The fourth-order valence-electron chi connectivity index (χ4n) is 0. The van der Waals surface area contributed by atoms with Crippen molar-refractivity contribution in [2.24, 2.45) is 0 Å². The molecule has 0 amide bonds. The van der Waals surface area contributed by atoms with Crippen LogP contribution < -0.4 is 0 Å². The van der Waals surface area contributed by atoms with Crippen molar-refractivity contribution in [1.82, 2.24) is 0 Å². The fourth-order valence-corrected chi connectivity index (χ4v) is 0. The average Bonchev–Trinajstić information content (AvgIpc) is 0.811. The van der Waals surface area contributed by atoms with Crippen LogP contribution >= 0.6 is 0 Å². The molecule has 0 saturated carbocycles. The zero-order valence-electron chi connectivity index (χ0n) is 1.71. The Morgan fingerprint density at radius 2 is 0.875 bits per heavy atom. The van der Waals surface area contributed by atoms with Gasteiger partial charge in [-0.25, -0.2) is 0 Å². The van der Waals surface area contributed by atoms with Gasteiger partial charge >= 0.3 is 118 Å². The molecule has 0 aromatic rings. The molecule has 0 unspecified atom stereocenters. The Morgan fingerprint density at radius 3 is 0.875 bits per heavy atom. The molecule has 0 fully saturated rings. The summed E-state index contributed by atoms with van der Waals surface area (Å²) in [6.07, 6.45) is 0. The minimum atomic E-state index is -2.61. The van der Waals surface area contributed by atoms with E-state index in [0.717, 1.165) is 0 Å². The van der Waals surface area contributed by atoms with Crippen molar-refractivity contribution in [3.63, 3.8) is 0 Å². The van der Waals surface area contributed by atoms with Gasteiger partial charge < -0.3 is 0 Å². The van der Waals surface area contributed by atoms with Gasteiger partial charge in [-0.1, -0.05) is 0 Å². The SMILES string of the molecule is O=S(O)O.[NaH].[NaH].[NaH].[NaH]. The van der Waals surface area contributed by atoms with Crippen molar-refractivity contribution in [3.8, 4) is 0 Å². The Hall–Kier alpha value is 4.07. The van der Waals surface area contributed by atoms with Crippen molar-refractivity contribution < 1.29 is 13.3 Å². The molecular weight excluding hydrogens is 172 g/mol. The summed E-state index contributed by atoms with van der Waals surface area (Å²) in [5.41, 5.74) is 0. The standard InChI is InChI=1S/4Na.H2O3S.4H/c;;;;1-4(2)3;;;;/h;;;;(H2,1,2,3);;;;. The predicted octanol–water partition coefficient (Wildman–Crippen LogP) is -2.91. The van der Waals surface area contributed by atoms with Gasteiger partial charge in [0.25, 0.3) is 11.4 Å². The normalized spacial score (nSPS) is 4.38. The molecule has 0 aliphatic heterocycles. The summed E-state index contributed by atoms with van der Waals surface area (Å²) >= 11 is -2.61. The molecule has 34 valence electrons. The molecule has 3 nitrogen and oxygen atoms in total. The predicted molar refractivity (Wildman–Crippen MR) is 42.0 cm³/mol. The van der Waals surface area contributed by atoms with Crippen LogP contribution in [0.5, 0.6) is 0 Å². The zero-order valence-corrected chi connectivity index (χ0v) is 2.53. The van der Waals surface area contributed by atoms with Crippen molar-refractivity contribution in [1.29, 1.82) is 0 Å². The molecular formula is H6Na4O3S. The van der Waals surface area contributed by atoms with Crippen molar-refractivity contribution in [2.45, 2.75) is 0 Å². The van der Waals surface area contributed by atoms with E-state index < -0.39 is 11.4 Å². The molecule has 0 heterocycles. The summed E-state index contributed by atoms with van der Waals surface area (Å²) in [5, 5.41) is 0. The summed E-state index contributed by atoms with van der Waals surface area (Å²) in [5.74, 6) is 0. The molecule has 0 rings (SSSR count). The van der Waals surface area contributed by atoms with Crippen LogP contribution in [0.1, 0.15) is 0 Å². The van der Waals surface area contributed by atoms with Crippen molar-refractivity contribution in [3.05, 3.63) is 0 Å². The number of hydrogen-bond donors (Lipinski definition) is 2.